The molecule has 2 aromatic carbocycles. The standard InChI is InChI=1S/C31H37N7O2/c1-36-10-12-37(13-11-36)19-28(39)33-17-23-14-25(15-23)38-18-27(29-30(32)34-21-35-31(29)38)24-8-5-9-26(16-24)40-20-22-6-3-2-4-7-22/h2-9,16,18,21,23,25H,10-15,17,19-20H2,1H3,(H,33,39)(H2,32,34,35)/t23-,25-. The zero-order valence-corrected chi connectivity index (χ0v) is 23.0. The van der Waals surface area contributed by atoms with Crippen molar-refractivity contribution in [2.24, 2.45) is 5.92 Å². The van der Waals surface area contributed by atoms with Gasteiger partial charge in [-0.05, 0) is 49.1 Å². The number of hydrogen-bond acceptors (Lipinski definition) is 7. The third-order valence-corrected chi connectivity index (χ3v) is 8.19. The van der Waals surface area contributed by atoms with Crippen LogP contribution in [0.25, 0.3) is 22.2 Å². The van der Waals surface area contributed by atoms with Crippen LogP contribution in [0.4, 0.5) is 5.82 Å². The number of nitrogen functional groups attached to an aromatic ring is 1. The minimum Gasteiger partial charge on any atom is -0.489 e. The van der Waals surface area contributed by atoms with E-state index < -0.39 is 0 Å². The lowest BCUT2D eigenvalue weighted by Gasteiger charge is -2.37. The van der Waals surface area contributed by atoms with Crippen LogP contribution in [0.2, 0.25) is 0 Å². The highest BCUT2D eigenvalue weighted by Gasteiger charge is 2.33. The van der Waals surface area contributed by atoms with Gasteiger partial charge in [0.05, 0.1) is 11.9 Å². The normalized spacial score (nSPS) is 19.8. The molecule has 1 saturated carbocycles. The van der Waals surface area contributed by atoms with E-state index >= 15 is 0 Å². The molecule has 0 radical (unpaired) electrons. The van der Waals surface area contributed by atoms with E-state index in [-0.39, 0.29) is 5.91 Å². The van der Waals surface area contributed by atoms with Crippen LogP contribution < -0.4 is 15.8 Å². The molecule has 1 aliphatic carbocycles. The zero-order valence-electron chi connectivity index (χ0n) is 23.0. The molecule has 4 aromatic rings. The van der Waals surface area contributed by atoms with Crippen LogP contribution in [-0.4, -0.2) is 76.6 Å². The number of ether oxygens (including phenoxy) is 1. The monoisotopic (exact) mass is 539 g/mol. The molecule has 6 rings (SSSR count). The van der Waals surface area contributed by atoms with Gasteiger partial charge in [0.2, 0.25) is 5.91 Å². The number of likely N-dealkylation sites (N-methyl/N-ethyl adjacent to an activating group) is 1. The van der Waals surface area contributed by atoms with Crippen LogP contribution >= 0.6 is 0 Å². The Kier molecular flexibility index (Phi) is 7.66. The summed E-state index contributed by atoms with van der Waals surface area (Å²) in [6.45, 7) is 5.64. The highest BCUT2D eigenvalue weighted by Crippen LogP contribution is 2.43. The molecule has 40 heavy (non-hydrogen) atoms. The summed E-state index contributed by atoms with van der Waals surface area (Å²) in [6, 6.07) is 18.5. The molecule has 0 unspecified atom stereocenters. The van der Waals surface area contributed by atoms with E-state index in [0.29, 0.717) is 37.5 Å². The smallest absolute Gasteiger partial charge is 0.234 e. The largest absolute Gasteiger partial charge is 0.489 e. The van der Waals surface area contributed by atoms with Gasteiger partial charge in [-0.2, -0.15) is 0 Å². The molecule has 1 saturated heterocycles. The van der Waals surface area contributed by atoms with Crippen molar-refractivity contribution in [2.45, 2.75) is 25.5 Å². The van der Waals surface area contributed by atoms with Crippen molar-refractivity contribution in [3.63, 3.8) is 0 Å². The topological polar surface area (TPSA) is 102 Å². The number of hydrogen-bond donors (Lipinski definition) is 2. The van der Waals surface area contributed by atoms with E-state index in [1.165, 1.54) is 6.33 Å². The summed E-state index contributed by atoms with van der Waals surface area (Å²) in [5.41, 5.74) is 10.4. The minimum absolute atomic E-state index is 0.122. The predicted molar refractivity (Wildman–Crippen MR) is 157 cm³/mol. The zero-order chi connectivity index (χ0) is 27.5. The summed E-state index contributed by atoms with van der Waals surface area (Å²) < 4.78 is 8.33. The molecule has 208 valence electrons. The second kappa shape index (κ2) is 11.7. The van der Waals surface area contributed by atoms with Gasteiger partial charge in [-0.25, -0.2) is 9.97 Å². The Bertz CT molecular complexity index is 1460. The fourth-order valence-corrected chi connectivity index (χ4v) is 5.72. The van der Waals surface area contributed by atoms with Gasteiger partial charge in [0.15, 0.2) is 0 Å². The van der Waals surface area contributed by atoms with Gasteiger partial charge in [0.1, 0.15) is 30.1 Å². The number of anilines is 1. The van der Waals surface area contributed by atoms with Crippen molar-refractivity contribution in [3.05, 3.63) is 72.7 Å². The molecule has 9 heteroatoms. The molecule has 2 aromatic heterocycles. The summed E-state index contributed by atoms with van der Waals surface area (Å²) in [6.07, 6.45) is 5.66. The van der Waals surface area contributed by atoms with Gasteiger partial charge in [0, 0.05) is 50.5 Å². The highest BCUT2D eigenvalue weighted by atomic mass is 16.5. The van der Waals surface area contributed by atoms with Gasteiger partial charge in [-0.3, -0.25) is 9.69 Å². The number of carbonyl (C=O) groups excluding carboxylic acids is 1. The number of rotatable bonds is 9. The van der Waals surface area contributed by atoms with Crippen LogP contribution in [0.3, 0.4) is 0 Å². The number of carbonyl (C=O) groups is 1. The SMILES string of the molecule is CN1CCN(CC(=O)NC[C@H]2C[C@H](n3cc(-c4cccc(OCc5ccccc5)c4)c4c(N)ncnc43)C2)CC1. The fourth-order valence-electron chi connectivity index (χ4n) is 5.72. The number of aromatic nitrogens is 3. The second-order valence-corrected chi connectivity index (χ2v) is 11.1. The van der Waals surface area contributed by atoms with Crippen molar-refractivity contribution in [1.29, 1.82) is 0 Å². The molecule has 3 heterocycles. The van der Waals surface area contributed by atoms with Crippen molar-refractivity contribution >= 4 is 22.8 Å². The molecule has 1 aliphatic heterocycles. The number of nitrogens with zero attached hydrogens (tertiary/aromatic N) is 5. The summed E-state index contributed by atoms with van der Waals surface area (Å²) in [5.74, 6) is 1.85. The maximum absolute atomic E-state index is 12.5. The first-order valence-electron chi connectivity index (χ1n) is 14.1. The van der Waals surface area contributed by atoms with E-state index in [4.69, 9.17) is 10.5 Å². The summed E-state index contributed by atoms with van der Waals surface area (Å²) in [7, 11) is 2.13. The molecule has 0 atom stereocenters. The first kappa shape index (κ1) is 26.3. The Hall–Kier alpha value is -3.95. The van der Waals surface area contributed by atoms with E-state index in [1.54, 1.807) is 0 Å². The molecule has 2 aliphatic rings. The lowest BCUT2D eigenvalue weighted by atomic mass is 9.80. The number of nitrogens with two attached hydrogens (primary N) is 1. The number of fused-ring (bicyclic) bond motifs is 1. The van der Waals surface area contributed by atoms with E-state index in [0.717, 1.165) is 72.5 Å². The van der Waals surface area contributed by atoms with E-state index in [9.17, 15) is 4.79 Å². The average Bonchev–Trinajstić information content (AvgIpc) is 3.34. The van der Waals surface area contributed by atoms with Gasteiger partial charge in [-0.1, -0.05) is 42.5 Å². The minimum atomic E-state index is 0.122. The fraction of sp³-hybridized carbons (Fsp3) is 0.387. The lowest BCUT2D eigenvalue weighted by molar-refractivity contribution is -0.123. The first-order chi connectivity index (χ1) is 19.5. The molecule has 2 fully saturated rings. The van der Waals surface area contributed by atoms with Gasteiger partial charge >= 0.3 is 0 Å². The Morgan fingerprint density at radius 3 is 2.65 bits per heavy atom. The van der Waals surface area contributed by atoms with Gasteiger partial charge < -0.3 is 25.3 Å². The number of amides is 1. The predicted octanol–water partition coefficient (Wildman–Crippen LogP) is 3.57. The van der Waals surface area contributed by atoms with Gasteiger partial charge in [-0.15, -0.1) is 0 Å². The van der Waals surface area contributed by atoms with Gasteiger partial charge in [0.25, 0.3) is 0 Å². The van der Waals surface area contributed by atoms with Crippen LogP contribution in [0.5, 0.6) is 5.75 Å². The molecular weight excluding hydrogens is 502 g/mol. The molecule has 0 spiro atoms. The van der Waals surface area contributed by atoms with Crippen molar-refractivity contribution < 1.29 is 9.53 Å². The Balaban J connectivity index is 1.11. The van der Waals surface area contributed by atoms with E-state index in [1.807, 2.05) is 36.4 Å². The maximum atomic E-state index is 12.5. The summed E-state index contributed by atoms with van der Waals surface area (Å²) >= 11 is 0. The molecular formula is C31H37N7O2. The third kappa shape index (κ3) is 5.80. The quantitative estimate of drug-likeness (QED) is 0.335. The molecule has 0 bridgehead atoms. The summed E-state index contributed by atoms with van der Waals surface area (Å²) in [4.78, 5) is 26.0. The van der Waals surface area contributed by atoms with Crippen LogP contribution in [-0.2, 0) is 11.4 Å². The summed E-state index contributed by atoms with van der Waals surface area (Å²) in [5, 5.41) is 4.03. The Morgan fingerprint density at radius 2 is 1.85 bits per heavy atom. The average molecular weight is 540 g/mol. The Morgan fingerprint density at radius 1 is 1.05 bits per heavy atom. The van der Waals surface area contributed by atoms with Crippen molar-refractivity contribution in [2.75, 3.05) is 52.0 Å². The molecule has 9 nitrogen and oxygen atoms in total. The van der Waals surface area contributed by atoms with Crippen molar-refractivity contribution in [3.8, 4) is 16.9 Å². The van der Waals surface area contributed by atoms with E-state index in [2.05, 4.69) is 61.1 Å². The third-order valence-electron chi connectivity index (χ3n) is 8.19. The number of nitrogens with one attached hydrogen (secondary N) is 1. The molecule has 3 N–H and O–H groups in total. The Labute approximate surface area is 235 Å². The van der Waals surface area contributed by atoms with Crippen LogP contribution in [0.15, 0.2) is 67.1 Å². The first-order valence-corrected chi connectivity index (χ1v) is 14.1. The van der Waals surface area contributed by atoms with Crippen LogP contribution in [0, 0.1) is 5.92 Å². The lowest BCUT2D eigenvalue weighted by Crippen LogP contribution is -2.49. The second-order valence-electron chi connectivity index (χ2n) is 11.1. The van der Waals surface area contributed by atoms with Crippen LogP contribution in [0.1, 0.15) is 24.4 Å². The maximum Gasteiger partial charge on any atom is 0.234 e. The molecule has 1 amide bonds. The van der Waals surface area contributed by atoms with Crippen molar-refractivity contribution in [1.82, 2.24) is 29.7 Å². The number of benzene rings is 2. The number of piperazine rings is 1. The highest BCUT2D eigenvalue weighted by molar-refractivity contribution is 6.00.